The van der Waals surface area contributed by atoms with E-state index in [4.69, 9.17) is 0 Å². The number of nitrogens with zero attached hydrogens (tertiary/aromatic N) is 1. The highest BCUT2D eigenvalue weighted by molar-refractivity contribution is 5.56. The monoisotopic (exact) mass is 119 g/mol. The second-order valence-corrected chi connectivity index (χ2v) is 0.849. The normalized spacial score (nSPS) is 6.25. The minimum absolute atomic E-state index is 0. The third-order valence-electron chi connectivity index (χ3n) is 0.365. The van der Waals surface area contributed by atoms with Crippen molar-refractivity contribution >= 4 is 6.21 Å². The van der Waals surface area contributed by atoms with Crippen LogP contribution >= 0.6 is 0 Å². The Balaban J connectivity index is -0.0000000267. The topological polar surface area (TPSA) is 12.4 Å². The number of hydrogen-bond donors (Lipinski definition) is 0. The van der Waals surface area contributed by atoms with E-state index in [-0.39, 0.29) is 22.3 Å². The molecule has 0 saturated carbocycles. The molecule has 0 spiro atoms. The van der Waals surface area contributed by atoms with Crippen LogP contribution in [0.15, 0.2) is 4.99 Å². The lowest BCUT2D eigenvalue weighted by atomic mass is 10.5. The molecule has 8 heavy (non-hydrogen) atoms. The highest BCUT2D eigenvalue weighted by Crippen LogP contribution is 1.60. The zero-order valence-corrected chi connectivity index (χ0v) is 3.73. The largest absolute Gasteiger partial charge is 0.301 e. The fourth-order valence-electron chi connectivity index (χ4n) is 0.183. The standard InChI is InChI=1S/C4H9N.3CH4/c1-3-4-5-2;;;/h4H,3H2,1-2H3;3*1H4. The number of aliphatic imine (C=N–C) groups is 1. The first-order valence-electron chi connectivity index (χ1n) is 1.82. The van der Waals surface area contributed by atoms with E-state index in [9.17, 15) is 0 Å². The molecule has 0 unspecified atom stereocenters. The van der Waals surface area contributed by atoms with Gasteiger partial charge in [-0.1, -0.05) is 29.2 Å². The van der Waals surface area contributed by atoms with Gasteiger partial charge in [0.25, 0.3) is 0 Å². The second kappa shape index (κ2) is 30.1. The summed E-state index contributed by atoms with van der Waals surface area (Å²) in [6, 6.07) is 0. The van der Waals surface area contributed by atoms with Crippen molar-refractivity contribution in [1.82, 2.24) is 0 Å². The molecule has 0 aromatic heterocycles. The smallest absolute Gasteiger partial charge is 0.0273 e. The molecule has 54 valence electrons. The average molecular weight is 119 g/mol. The Labute approximate surface area is 54.8 Å². The fourth-order valence-corrected chi connectivity index (χ4v) is 0.183. The molecule has 0 rings (SSSR count). The van der Waals surface area contributed by atoms with E-state index in [0.717, 1.165) is 6.42 Å². The van der Waals surface area contributed by atoms with Crippen LogP contribution in [0.5, 0.6) is 0 Å². The van der Waals surface area contributed by atoms with Gasteiger partial charge in [0.05, 0.1) is 0 Å². The van der Waals surface area contributed by atoms with Gasteiger partial charge < -0.3 is 4.99 Å². The summed E-state index contributed by atoms with van der Waals surface area (Å²) < 4.78 is 0. The van der Waals surface area contributed by atoms with Crippen LogP contribution in [0.25, 0.3) is 0 Å². The van der Waals surface area contributed by atoms with Crippen LogP contribution < -0.4 is 0 Å². The van der Waals surface area contributed by atoms with Crippen LogP contribution in [0.4, 0.5) is 0 Å². The zero-order valence-electron chi connectivity index (χ0n) is 3.73. The SMILES string of the molecule is C.C.C.CCC=NC. The van der Waals surface area contributed by atoms with Crippen molar-refractivity contribution in [2.75, 3.05) is 7.05 Å². The molecule has 0 saturated heterocycles. The first-order valence-corrected chi connectivity index (χ1v) is 1.82. The van der Waals surface area contributed by atoms with E-state index in [0.29, 0.717) is 0 Å². The lowest BCUT2D eigenvalue weighted by molar-refractivity contribution is 1.29. The lowest BCUT2D eigenvalue weighted by Crippen LogP contribution is -1.60. The maximum absolute atomic E-state index is 3.73. The summed E-state index contributed by atoms with van der Waals surface area (Å²) in [5.41, 5.74) is 0. The van der Waals surface area contributed by atoms with Crippen molar-refractivity contribution in [3.63, 3.8) is 0 Å². The van der Waals surface area contributed by atoms with Gasteiger partial charge in [0, 0.05) is 7.05 Å². The van der Waals surface area contributed by atoms with E-state index in [2.05, 4.69) is 11.9 Å². The van der Waals surface area contributed by atoms with Crippen molar-refractivity contribution in [3.8, 4) is 0 Å². The van der Waals surface area contributed by atoms with Crippen LogP contribution in [0.2, 0.25) is 0 Å². The molecule has 0 bridgehead atoms. The van der Waals surface area contributed by atoms with Gasteiger partial charge in [0.1, 0.15) is 0 Å². The van der Waals surface area contributed by atoms with E-state index in [1.165, 1.54) is 0 Å². The molecule has 0 aliphatic heterocycles. The molecule has 0 heterocycles. The Morgan fingerprint density at radius 1 is 1.25 bits per heavy atom. The molecule has 1 nitrogen and oxygen atoms in total. The zero-order chi connectivity index (χ0) is 4.12. The molecule has 0 N–H and O–H groups in total. The first kappa shape index (κ1) is 25.3. The third-order valence-corrected chi connectivity index (χ3v) is 0.365. The summed E-state index contributed by atoms with van der Waals surface area (Å²) in [5, 5.41) is 0. The van der Waals surface area contributed by atoms with Crippen LogP contribution in [0.3, 0.4) is 0 Å². The maximum Gasteiger partial charge on any atom is 0.0273 e. The summed E-state index contributed by atoms with van der Waals surface area (Å²) >= 11 is 0. The quantitative estimate of drug-likeness (QED) is 0.470. The average Bonchev–Trinajstić information content (AvgIpc) is 1.41. The highest BCUT2D eigenvalue weighted by Gasteiger charge is 1.53. The van der Waals surface area contributed by atoms with Crippen LogP contribution in [-0.4, -0.2) is 13.3 Å². The molecule has 0 atom stereocenters. The van der Waals surface area contributed by atoms with Crippen LogP contribution in [0.1, 0.15) is 35.6 Å². The first-order chi connectivity index (χ1) is 2.41. The van der Waals surface area contributed by atoms with Gasteiger partial charge in [-0.25, -0.2) is 0 Å². The summed E-state index contributed by atoms with van der Waals surface area (Å²) in [6.45, 7) is 2.06. The van der Waals surface area contributed by atoms with E-state index in [1.807, 2.05) is 6.21 Å². The predicted molar refractivity (Wildman–Crippen MR) is 44.9 cm³/mol. The van der Waals surface area contributed by atoms with Gasteiger partial charge in [0.2, 0.25) is 0 Å². The number of rotatable bonds is 1. The van der Waals surface area contributed by atoms with Gasteiger partial charge in [-0.05, 0) is 12.6 Å². The summed E-state index contributed by atoms with van der Waals surface area (Å²) in [5.74, 6) is 0. The molecular weight excluding hydrogens is 98.1 g/mol. The minimum Gasteiger partial charge on any atom is -0.301 e. The molecule has 1 heteroatoms. The molecule has 0 amide bonds. The van der Waals surface area contributed by atoms with E-state index < -0.39 is 0 Å². The Kier molecular flexibility index (Phi) is 95.3. The highest BCUT2D eigenvalue weighted by atomic mass is 14.6. The predicted octanol–water partition coefficient (Wildman–Crippen LogP) is 3.01. The third kappa shape index (κ3) is 44.3. The van der Waals surface area contributed by atoms with Crippen molar-refractivity contribution < 1.29 is 0 Å². The van der Waals surface area contributed by atoms with Crippen LogP contribution in [0, 0.1) is 0 Å². The fraction of sp³-hybridized carbons (Fsp3) is 0.857. The van der Waals surface area contributed by atoms with Crippen molar-refractivity contribution in [3.05, 3.63) is 0 Å². The van der Waals surface area contributed by atoms with Crippen molar-refractivity contribution in [1.29, 1.82) is 0 Å². The summed E-state index contributed by atoms with van der Waals surface area (Å²) in [6.07, 6.45) is 2.93. The lowest BCUT2D eigenvalue weighted by Gasteiger charge is -1.65. The van der Waals surface area contributed by atoms with Gasteiger partial charge in [0.15, 0.2) is 0 Å². The van der Waals surface area contributed by atoms with E-state index in [1.54, 1.807) is 7.05 Å². The van der Waals surface area contributed by atoms with E-state index >= 15 is 0 Å². The van der Waals surface area contributed by atoms with Crippen LogP contribution in [-0.2, 0) is 0 Å². The molecule has 0 fully saturated rings. The minimum atomic E-state index is 0. The molecule has 0 aromatic carbocycles. The maximum atomic E-state index is 3.73. The molecular formula is C7H21N. The van der Waals surface area contributed by atoms with Crippen molar-refractivity contribution in [2.45, 2.75) is 35.6 Å². The Morgan fingerprint density at radius 3 is 1.62 bits per heavy atom. The Morgan fingerprint density at radius 2 is 1.62 bits per heavy atom. The Bertz CT molecular complexity index is 31.4. The van der Waals surface area contributed by atoms with Gasteiger partial charge in [-0.15, -0.1) is 0 Å². The Hall–Kier alpha value is -0.330. The second-order valence-electron chi connectivity index (χ2n) is 0.849. The molecule has 0 aliphatic carbocycles. The number of hydrogen-bond acceptors (Lipinski definition) is 1. The summed E-state index contributed by atoms with van der Waals surface area (Å²) in [4.78, 5) is 3.73. The molecule has 0 radical (unpaired) electrons. The summed E-state index contributed by atoms with van der Waals surface area (Å²) in [7, 11) is 1.78. The van der Waals surface area contributed by atoms with Gasteiger partial charge in [-0.2, -0.15) is 0 Å². The molecule has 0 aromatic rings. The molecule has 0 aliphatic rings. The van der Waals surface area contributed by atoms with Gasteiger partial charge >= 0.3 is 0 Å². The van der Waals surface area contributed by atoms with Gasteiger partial charge in [-0.3, -0.25) is 0 Å². The van der Waals surface area contributed by atoms with Crippen molar-refractivity contribution in [2.24, 2.45) is 4.99 Å².